The van der Waals surface area contributed by atoms with Gasteiger partial charge in [-0.2, -0.15) is 0 Å². The molecule has 4 nitrogen and oxygen atoms in total. The highest BCUT2D eigenvalue weighted by atomic mass is 16.1. The second kappa shape index (κ2) is 4.25. The smallest absolute Gasteiger partial charge is 0.178 e. The predicted molar refractivity (Wildman–Crippen MR) is 70.4 cm³/mol. The van der Waals surface area contributed by atoms with Gasteiger partial charge in [0.15, 0.2) is 5.78 Å². The largest absolute Gasteiger partial charge is 0.398 e. The zero-order valence-corrected chi connectivity index (χ0v) is 9.47. The number of carbonyl (C=O) groups excluding carboxylic acids is 1. The third kappa shape index (κ3) is 2.42. The van der Waals surface area contributed by atoms with Crippen LogP contribution in [0.5, 0.6) is 0 Å². The highest BCUT2D eigenvalue weighted by Gasteiger charge is 2.04. The molecule has 17 heavy (non-hydrogen) atoms. The molecule has 4 N–H and O–H groups in total. The average Bonchev–Trinajstić information content (AvgIpc) is 2.29. The highest BCUT2D eigenvalue weighted by molar-refractivity contribution is 6.17. The third-order valence-electron chi connectivity index (χ3n) is 2.50. The molecule has 0 aromatic heterocycles. The Morgan fingerprint density at radius 1 is 1.00 bits per heavy atom. The fourth-order valence-corrected chi connectivity index (χ4v) is 1.48. The van der Waals surface area contributed by atoms with Crippen molar-refractivity contribution >= 4 is 28.6 Å². The van der Waals surface area contributed by atoms with Crippen molar-refractivity contribution in [3.8, 4) is 0 Å². The van der Waals surface area contributed by atoms with Crippen LogP contribution in [0.2, 0.25) is 0 Å². The number of nitrogens with zero attached hydrogens (tertiary/aromatic N) is 1. The molecule has 2 rings (SSSR count). The van der Waals surface area contributed by atoms with Crippen LogP contribution in [-0.4, -0.2) is 11.5 Å². The van der Waals surface area contributed by atoms with Crippen molar-refractivity contribution in [3.05, 3.63) is 42.0 Å². The Kier molecular flexibility index (Phi) is 2.78. The summed E-state index contributed by atoms with van der Waals surface area (Å²) in [6, 6.07) is 3.52. The number of allylic oxidation sites excluding steroid dienone is 4. The molecule has 0 fully saturated rings. The van der Waals surface area contributed by atoms with Crippen LogP contribution < -0.4 is 11.5 Å². The van der Waals surface area contributed by atoms with Crippen LogP contribution in [0.4, 0.5) is 17.1 Å². The zero-order valence-electron chi connectivity index (χ0n) is 9.47. The second-order valence-corrected chi connectivity index (χ2v) is 3.87. The molecule has 0 radical (unpaired) electrons. The van der Waals surface area contributed by atoms with E-state index >= 15 is 0 Å². The van der Waals surface area contributed by atoms with Gasteiger partial charge in [0.1, 0.15) is 0 Å². The number of aliphatic imine (C=N–C) groups is 1. The molecule has 1 aromatic carbocycles. The van der Waals surface area contributed by atoms with Gasteiger partial charge in [-0.3, -0.25) is 4.79 Å². The highest BCUT2D eigenvalue weighted by Crippen LogP contribution is 2.28. The molecule has 0 saturated heterocycles. The summed E-state index contributed by atoms with van der Waals surface area (Å²) in [5, 5.41) is 0. The Labute approximate surface area is 99.3 Å². The number of hydrogen-bond donors (Lipinski definition) is 2. The van der Waals surface area contributed by atoms with Gasteiger partial charge in [0.05, 0.1) is 17.1 Å². The summed E-state index contributed by atoms with van der Waals surface area (Å²) in [5.41, 5.74) is 15.0. The number of benzene rings is 1. The van der Waals surface area contributed by atoms with E-state index in [2.05, 4.69) is 4.99 Å². The van der Waals surface area contributed by atoms with Crippen molar-refractivity contribution in [2.24, 2.45) is 4.99 Å². The van der Waals surface area contributed by atoms with Crippen LogP contribution in [0, 0.1) is 6.92 Å². The van der Waals surface area contributed by atoms with Crippen LogP contribution >= 0.6 is 0 Å². The number of anilines is 2. The van der Waals surface area contributed by atoms with E-state index in [-0.39, 0.29) is 5.78 Å². The van der Waals surface area contributed by atoms with Gasteiger partial charge in [0, 0.05) is 5.69 Å². The van der Waals surface area contributed by atoms with Gasteiger partial charge in [-0.1, -0.05) is 0 Å². The van der Waals surface area contributed by atoms with Gasteiger partial charge in [-0.15, -0.1) is 0 Å². The van der Waals surface area contributed by atoms with Gasteiger partial charge in [-0.25, -0.2) is 4.99 Å². The normalized spacial score (nSPS) is 14.2. The summed E-state index contributed by atoms with van der Waals surface area (Å²) >= 11 is 0. The van der Waals surface area contributed by atoms with Crippen LogP contribution in [-0.2, 0) is 4.79 Å². The van der Waals surface area contributed by atoms with Crippen LogP contribution in [0.15, 0.2) is 41.4 Å². The van der Waals surface area contributed by atoms with Crippen molar-refractivity contribution in [2.45, 2.75) is 6.92 Å². The van der Waals surface area contributed by atoms with Crippen molar-refractivity contribution in [2.75, 3.05) is 11.5 Å². The first-order chi connectivity index (χ1) is 8.06. The minimum atomic E-state index is -0.0367. The lowest BCUT2D eigenvalue weighted by Crippen LogP contribution is -1.99. The number of nitrogen functional groups attached to an aromatic ring is 2. The monoisotopic (exact) mass is 227 g/mol. The first-order valence-corrected chi connectivity index (χ1v) is 5.20. The number of nitrogens with two attached hydrogens (primary N) is 2. The SMILES string of the molecule is Cc1cc(N=C2C=CC(=O)C=C2)c(N)cc1N. The molecule has 0 spiro atoms. The molecule has 1 aliphatic carbocycles. The Morgan fingerprint density at radius 3 is 2.29 bits per heavy atom. The molecule has 1 aliphatic rings. The van der Waals surface area contributed by atoms with Gasteiger partial charge in [0.2, 0.25) is 0 Å². The van der Waals surface area contributed by atoms with Crippen LogP contribution in [0.25, 0.3) is 0 Å². The zero-order chi connectivity index (χ0) is 12.4. The van der Waals surface area contributed by atoms with Gasteiger partial charge in [0.25, 0.3) is 0 Å². The molecule has 0 saturated carbocycles. The topological polar surface area (TPSA) is 81.5 Å². The molecule has 1 aromatic rings. The first kappa shape index (κ1) is 11.1. The van der Waals surface area contributed by atoms with Crippen molar-refractivity contribution in [3.63, 3.8) is 0 Å². The molecule has 86 valence electrons. The summed E-state index contributed by atoms with van der Waals surface area (Å²) in [4.78, 5) is 15.3. The lowest BCUT2D eigenvalue weighted by Gasteiger charge is -2.06. The standard InChI is InChI=1S/C13H13N3O/c1-8-6-13(12(15)7-11(8)14)16-9-2-4-10(17)5-3-9/h2-7H,14-15H2,1H3. The number of ketones is 1. The molecular weight excluding hydrogens is 214 g/mol. The Bertz CT molecular complexity index is 550. The molecule has 0 bridgehead atoms. The third-order valence-corrected chi connectivity index (χ3v) is 2.50. The van der Waals surface area contributed by atoms with E-state index in [0.29, 0.717) is 22.8 Å². The van der Waals surface area contributed by atoms with Gasteiger partial charge >= 0.3 is 0 Å². The summed E-state index contributed by atoms with van der Waals surface area (Å²) in [6.07, 6.45) is 6.26. The quantitative estimate of drug-likeness (QED) is 0.568. The maximum absolute atomic E-state index is 11.0. The molecular formula is C13H13N3O. The van der Waals surface area contributed by atoms with E-state index in [1.165, 1.54) is 12.2 Å². The lowest BCUT2D eigenvalue weighted by atomic mass is 10.1. The summed E-state index contributed by atoms with van der Waals surface area (Å²) in [6.45, 7) is 1.90. The number of hydrogen-bond acceptors (Lipinski definition) is 4. The average molecular weight is 227 g/mol. The van der Waals surface area contributed by atoms with Gasteiger partial charge < -0.3 is 11.5 Å². The van der Waals surface area contributed by atoms with E-state index in [0.717, 1.165) is 5.56 Å². The fraction of sp³-hybridized carbons (Fsp3) is 0.0769. The molecule has 0 amide bonds. The Hall–Kier alpha value is -2.36. The Morgan fingerprint density at radius 2 is 1.65 bits per heavy atom. The van der Waals surface area contributed by atoms with Crippen molar-refractivity contribution < 1.29 is 4.79 Å². The predicted octanol–water partition coefficient (Wildman–Crippen LogP) is 1.93. The van der Waals surface area contributed by atoms with Gasteiger partial charge in [-0.05, 0) is 48.9 Å². The molecule has 0 heterocycles. The molecule has 0 unspecified atom stereocenters. The van der Waals surface area contributed by atoms with Crippen molar-refractivity contribution in [1.82, 2.24) is 0 Å². The van der Waals surface area contributed by atoms with E-state index < -0.39 is 0 Å². The van der Waals surface area contributed by atoms with E-state index in [1.54, 1.807) is 18.2 Å². The number of aryl methyl sites for hydroxylation is 1. The fourth-order valence-electron chi connectivity index (χ4n) is 1.48. The maximum atomic E-state index is 11.0. The van der Waals surface area contributed by atoms with E-state index in [1.807, 2.05) is 13.0 Å². The van der Waals surface area contributed by atoms with Crippen molar-refractivity contribution in [1.29, 1.82) is 0 Å². The van der Waals surface area contributed by atoms with Crippen LogP contribution in [0.3, 0.4) is 0 Å². The minimum Gasteiger partial charge on any atom is -0.398 e. The van der Waals surface area contributed by atoms with Crippen LogP contribution in [0.1, 0.15) is 5.56 Å². The second-order valence-electron chi connectivity index (χ2n) is 3.87. The molecule has 0 atom stereocenters. The minimum absolute atomic E-state index is 0.0367. The van der Waals surface area contributed by atoms with E-state index in [4.69, 9.17) is 11.5 Å². The maximum Gasteiger partial charge on any atom is 0.178 e. The summed E-state index contributed by atoms with van der Waals surface area (Å²) in [5.74, 6) is -0.0367. The Balaban J connectivity index is 2.40. The van der Waals surface area contributed by atoms with E-state index in [9.17, 15) is 4.79 Å². The summed E-state index contributed by atoms with van der Waals surface area (Å²) < 4.78 is 0. The lowest BCUT2D eigenvalue weighted by molar-refractivity contribution is -0.110. The number of rotatable bonds is 1. The number of carbonyl (C=O) groups is 1. The summed E-state index contributed by atoms with van der Waals surface area (Å²) in [7, 11) is 0. The molecule has 0 aliphatic heterocycles. The molecule has 4 heteroatoms. The first-order valence-electron chi connectivity index (χ1n) is 5.20.